The molecule has 1 N–H and O–H groups in total. The van der Waals surface area contributed by atoms with Gasteiger partial charge < -0.3 is 10.2 Å². The molecule has 0 bridgehead atoms. The van der Waals surface area contributed by atoms with Crippen LogP contribution in [0.3, 0.4) is 0 Å². The fraction of sp³-hybridized carbons (Fsp3) is 0.786. The molecule has 0 saturated heterocycles. The molecule has 4 nitrogen and oxygen atoms in total. The molecular weight excluding hydrogens is 224 g/mol. The fourth-order valence-electron chi connectivity index (χ4n) is 2.22. The van der Waals surface area contributed by atoms with E-state index < -0.39 is 0 Å². The van der Waals surface area contributed by atoms with E-state index in [9.17, 15) is 0 Å². The molecule has 0 aliphatic heterocycles. The van der Waals surface area contributed by atoms with E-state index in [1.807, 2.05) is 10.9 Å². The smallest absolute Gasteiger partial charge is 0.0537 e. The van der Waals surface area contributed by atoms with Crippen LogP contribution in [0.5, 0.6) is 0 Å². The number of nitrogens with one attached hydrogen (secondary N) is 1. The second-order valence-corrected chi connectivity index (χ2v) is 4.56. The van der Waals surface area contributed by atoms with Gasteiger partial charge in [0, 0.05) is 24.3 Å². The molecule has 0 radical (unpaired) electrons. The average Bonchev–Trinajstić information content (AvgIpc) is 2.87. The summed E-state index contributed by atoms with van der Waals surface area (Å²) in [5.74, 6) is 0. The highest BCUT2D eigenvalue weighted by molar-refractivity contribution is 5.10. The molecule has 0 amide bonds. The predicted octanol–water partition coefficient (Wildman–Crippen LogP) is 2.29. The van der Waals surface area contributed by atoms with Gasteiger partial charge >= 0.3 is 0 Å². The summed E-state index contributed by atoms with van der Waals surface area (Å²) in [6, 6.07) is 0.427. The van der Waals surface area contributed by atoms with Crippen molar-refractivity contribution in [1.29, 1.82) is 0 Å². The molecule has 104 valence electrons. The van der Waals surface area contributed by atoms with Crippen LogP contribution in [0.4, 0.5) is 0 Å². The van der Waals surface area contributed by atoms with E-state index in [0.717, 1.165) is 39.1 Å². The maximum absolute atomic E-state index is 4.37. The molecule has 0 aromatic carbocycles. The number of aromatic nitrogens is 2. The van der Waals surface area contributed by atoms with Gasteiger partial charge in [-0.05, 0) is 39.5 Å². The van der Waals surface area contributed by atoms with Gasteiger partial charge in [-0.3, -0.25) is 4.68 Å². The normalized spacial score (nSPS) is 13.2. The first-order valence-corrected chi connectivity index (χ1v) is 7.23. The molecule has 1 aromatic heterocycles. The number of nitrogens with zero attached hydrogens (tertiary/aromatic N) is 3. The van der Waals surface area contributed by atoms with Crippen molar-refractivity contribution in [3.05, 3.63) is 18.0 Å². The SMILES string of the molecule is CCNC(CCN(CC)CC)c1cnn(CC)c1. The van der Waals surface area contributed by atoms with Crippen molar-refractivity contribution in [2.24, 2.45) is 0 Å². The van der Waals surface area contributed by atoms with Crippen LogP contribution in [0.1, 0.15) is 45.7 Å². The average molecular weight is 252 g/mol. The van der Waals surface area contributed by atoms with Gasteiger partial charge in [-0.25, -0.2) is 0 Å². The predicted molar refractivity (Wildman–Crippen MR) is 76.7 cm³/mol. The maximum Gasteiger partial charge on any atom is 0.0537 e. The Labute approximate surface area is 111 Å². The Bertz CT molecular complexity index is 317. The van der Waals surface area contributed by atoms with E-state index in [1.165, 1.54) is 5.56 Å². The zero-order valence-corrected chi connectivity index (χ0v) is 12.3. The van der Waals surface area contributed by atoms with E-state index in [-0.39, 0.29) is 0 Å². The van der Waals surface area contributed by atoms with E-state index in [2.05, 4.69) is 49.2 Å². The van der Waals surface area contributed by atoms with Gasteiger partial charge in [0.15, 0.2) is 0 Å². The number of hydrogen-bond acceptors (Lipinski definition) is 3. The van der Waals surface area contributed by atoms with Gasteiger partial charge in [-0.15, -0.1) is 0 Å². The molecule has 1 heterocycles. The topological polar surface area (TPSA) is 33.1 Å². The third-order valence-corrected chi connectivity index (χ3v) is 3.46. The van der Waals surface area contributed by atoms with Crippen LogP contribution in [0, 0.1) is 0 Å². The first kappa shape index (κ1) is 15.2. The minimum absolute atomic E-state index is 0.427. The van der Waals surface area contributed by atoms with E-state index in [0.29, 0.717) is 6.04 Å². The molecule has 1 aromatic rings. The van der Waals surface area contributed by atoms with Crippen LogP contribution in [0.15, 0.2) is 12.4 Å². The van der Waals surface area contributed by atoms with E-state index in [1.54, 1.807) is 0 Å². The Hall–Kier alpha value is -0.870. The Morgan fingerprint density at radius 2 is 2.00 bits per heavy atom. The zero-order valence-electron chi connectivity index (χ0n) is 12.3. The lowest BCUT2D eigenvalue weighted by Gasteiger charge is -2.22. The molecule has 1 unspecified atom stereocenters. The van der Waals surface area contributed by atoms with Gasteiger partial charge in [-0.2, -0.15) is 5.10 Å². The zero-order chi connectivity index (χ0) is 13.4. The molecule has 0 aliphatic rings. The first-order valence-electron chi connectivity index (χ1n) is 7.23. The van der Waals surface area contributed by atoms with Crippen molar-refractivity contribution in [3.8, 4) is 0 Å². The van der Waals surface area contributed by atoms with Crippen molar-refractivity contribution in [3.63, 3.8) is 0 Å². The van der Waals surface area contributed by atoms with Gasteiger partial charge in [-0.1, -0.05) is 20.8 Å². The second-order valence-electron chi connectivity index (χ2n) is 4.56. The fourth-order valence-corrected chi connectivity index (χ4v) is 2.22. The standard InChI is InChI=1S/C14H28N4/c1-5-15-14(9-10-17(6-2)7-3)13-11-16-18(8-4)12-13/h11-12,14-15H,5-10H2,1-4H3. The highest BCUT2D eigenvalue weighted by Crippen LogP contribution is 2.16. The molecule has 1 atom stereocenters. The summed E-state index contributed by atoms with van der Waals surface area (Å²) in [5.41, 5.74) is 1.31. The van der Waals surface area contributed by atoms with Gasteiger partial charge in [0.2, 0.25) is 0 Å². The van der Waals surface area contributed by atoms with Crippen molar-refractivity contribution < 1.29 is 0 Å². The van der Waals surface area contributed by atoms with Crippen molar-refractivity contribution in [1.82, 2.24) is 20.0 Å². The van der Waals surface area contributed by atoms with E-state index >= 15 is 0 Å². The third-order valence-electron chi connectivity index (χ3n) is 3.46. The molecular formula is C14H28N4. The van der Waals surface area contributed by atoms with Gasteiger partial charge in [0.05, 0.1) is 6.20 Å². The second kappa shape index (κ2) is 8.27. The Kier molecular flexibility index (Phi) is 6.98. The molecule has 18 heavy (non-hydrogen) atoms. The summed E-state index contributed by atoms with van der Waals surface area (Å²) >= 11 is 0. The van der Waals surface area contributed by atoms with Crippen LogP contribution in [-0.2, 0) is 6.54 Å². The minimum Gasteiger partial charge on any atom is -0.310 e. The Balaban J connectivity index is 2.58. The largest absolute Gasteiger partial charge is 0.310 e. The summed E-state index contributed by atoms with van der Waals surface area (Å²) in [7, 11) is 0. The lowest BCUT2D eigenvalue weighted by Crippen LogP contribution is -2.29. The molecule has 0 fully saturated rings. The van der Waals surface area contributed by atoms with Crippen LogP contribution in [0.2, 0.25) is 0 Å². The van der Waals surface area contributed by atoms with Crippen LogP contribution < -0.4 is 5.32 Å². The summed E-state index contributed by atoms with van der Waals surface area (Å²) < 4.78 is 2.00. The highest BCUT2D eigenvalue weighted by Gasteiger charge is 2.13. The van der Waals surface area contributed by atoms with Crippen molar-refractivity contribution in [2.45, 2.75) is 46.7 Å². The molecule has 0 spiro atoms. The quantitative estimate of drug-likeness (QED) is 0.732. The summed E-state index contributed by atoms with van der Waals surface area (Å²) in [6.45, 7) is 14.1. The molecule has 1 rings (SSSR count). The van der Waals surface area contributed by atoms with Gasteiger partial charge in [0.1, 0.15) is 0 Å². The van der Waals surface area contributed by atoms with Crippen LogP contribution in [-0.4, -0.2) is 40.9 Å². The number of rotatable bonds is 9. The Morgan fingerprint density at radius 1 is 1.28 bits per heavy atom. The van der Waals surface area contributed by atoms with E-state index in [4.69, 9.17) is 0 Å². The third kappa shape index (κ3) is 4.42. The summed E-state index contributed by atoms with van der Waals surface area (Å²) in [6.07, 6.45) is 5.31. The highest BCUT2D eigenvalue weighted by atomic mass is 15.3. The summed E-state index contributed by atoms with van der Waals surface area (Å²) in [4.78, 5) is 2.47. The monoisotopic (exact) mass is 252 g/mol. The number of hydrogen-bond donors (Lipinski definition) is 1. The van der Waals surface area contributed by atoms with Crippen molar-refractivity contribution in [2.75, 3.05) is 26.2 Å². The maximum atomic E-state index is 4.37. The van der Waals surface area contributed by atoms with Crippen LogP contribution >= 0.6 is 0 Å². The lowest BCUT2D eigenvalue weighted by molar-refractivity contribution is 0.282. The van der Waals surface area contributed by atoms with Crippen LogP contribution in [0.25, 0.3) is 0 Å². The molecule has 4 heteroatoms. The molecule has 0 aliphatic carbocycles. The van der Waals surface area contributed by atoms with Gasteiger partial charge in [0.25, 0.3) is 0 Å². The minimum atomic E-state index is 0.427. The lowest BCUT2D eigenvalue weighted by atomic mass is 10.1. The summed E-state index contributed by atoms with van der Waals surface area (Å²) in [5, 5.41) is 7.93. The number of aryl methyl sites for hydroxylation is 1. The Morgan fingerprint density at radius 3 is 2.50 bits per heavy atom. The van der Waals surface area contributed by atoms with Crippen molar-refractivity contribution >= 4 is 0 Å². The first-order chi connectivity index (χ1) is 8.74. The molecule has 0 saturated carbocycles.